The number of carbonyl (C=O) groups excluding carboxylic acids is 1. The average molecular weight is 223 g/mol. The van der Waals surface area contributed by atoms with E-state index in [-0.39, 0.29) is 6.61 Å². The van der Waals surface area contributed by atoms with Crippen LogP contribution in [0.15, 0.2) is 30.3 Å². The Hall–Kier alpha value is -1.39. The normalized spacial score (nSPS) is 14.2. The molecule has 3 N–H and O–H groups in total. The summed E-state index contributed by atoms with van der Waals surface area (Å²) >= 11 is 0. The second-order valence-corrected chi connectivity index (χ2v) is 3.55. The molecule has 0 aromatic heterocycles. The van der Waals surface area contributed by atoms with Gasteiger partial charge in [0.05, 0.1) is 6.61 Å². The van der Waals surface area contributed by atoms with E-state index in [4.69, 9.17) is 10.5 Å². The third-order valence-electron chi connectivity index (χ3n) is 2.25. The van der Waals surface area contributed by atoms with Gasteiger partial charge in [0, 0.05) is 6.04 Å². The summed E-state index contributed by atoms with van der Waals surface area (Å²) in [7, 11) is 0. The monoisotopic (exact) mass is 223 g/mol. The van der Waals surface area contributed by atoms with Crippen LogP contribution in [0, 0.1) is 0 Å². The van der Waals surface area contributed by atoms with Crippen LogP contribution in [0.5, 0.6) is 0 Å². The molecule has 0 radical (unpaired) electrons. The van der Waals surface area contributed by atoms with Gasteiger partial charge in [-0.3, -0.25) is 0 Å². The number of hydrogen-bond donors (Lipinski definition) is 2. The minimum atomic E-state index is -1.26. The molecular formula is C12H17NO3. The zero-order valence-corrected chi connectivity index (χ0v) is 9.30. The molecule has 0 fully saturated rings. The molecule has 0 spiro atoms. The summed E-state index contributed by atoms with van der Waals surface area (Å²) in [6.45, 7) is 1.93. The zero-order chi connectivity index (χ0) is 12.0. The first-order valence-electron chi connectivity index (χ1n) is 5.29. The summed E-state index contributed by atoms with van der Waals surface area (Å²) < 4.78 is 4.69. The molecule has 0 heterocycles. The first-order chi connectivity index (χ1) is 7.65. The van der Waals surface area contributed by atoms with Crippen LogP contribution in [-0.4, -0.2) is 29.8 Å². The zero-order valence-electron chi connectivity index (χ0n) is 9.30. The van der Waals surface area contributed by atoms with Gasteiger partial charge >= 0.3 is 5.97 Å². The molecule has 0 amide bonds. The number of ether oxygens (including phenoxy) is 1. The van der Waals surface area contributed by atoms with Crippen molar-refractivity contribution in [2.75, 3.05) is 6.61 Å². The number of esters is 1. The molecule has 88 valence electrons. The summed E-state index contributed by atoms with van der Waals surface area (Å²) in [5.74, 6) is -0.661. The minimum absolute atomic E-state index is 0.244. The lowest BCUT2D eigenvalue weighted by molar-refractivity contribution is -0.154. The van der Waals surface area contributed by atoms with Gasteiger partial charge < -0.3 is 15.6 Å². The van der Waals surface area contributed by atoms with Crippen LogP contribution in [0.1, 0.15) is 12.5 Å². The van der Waals surface area contributed by atoms with Crippen molar-refractivity contribution in [2.24, 2.45) is 5.73 Å². The molecule has 0 aliphatic rings. The summed E-state index contributed by atoms with van der Waals surface area (Å²) in [4.78, 5) is 11.2. The van der Waals surface area contributed by atoms with E-state index in [1.54, 1.807) is 6.92 Å². The maximum absolute atomic E-state index is 11.2. The molecule has 1 aromatic rings. The second-order valence-electron chi connectivity index (χ2n) is 3.55. The van der Waals surface area contributed by atoms with Crippen LogP contribution in [-0.2, 0) is 16.0 Å². The van der Waals surface area contributed by atoms with E-state index in [2.05, 4.69) is 0 Å². The van der Waals surface area contributed by atoms with E-state index in [1.165, 1.54) is 0 Å². The number of benzene rings is 1. The van der Waals surface area contributed by atoms with Crippen molar-refractivity contribution in [3.63, 3.8) is 0 Å². The van der Waals surface area contributed by atoms with Crippen molar-refractivity contribution in [1.82, 2.24) is 0 Å². The Morgan fingerprint density at radius 3 is 2.62 bits per heavy atom. The molecule has 1 rings (SSSR count). The second kappa shape index (κ2) is 6.25. The van der Waals surface area contributed by atoms with Gasteiger partial charge in [-0.15, -0.1) is 0 Å². The van der Waals surface area contributed by atoms with Gasteiger partial charge in [0.25, 0.3) is 0 Å². The first kappa shape index (κ1) is 12.7. The molecule has 4 nitrogen and oxygen atoms in total. The Bertz CT molecular complexity index is 326. The lowest BCUT2D eigenvalue weighted by Crippen LogP contribution is -2.42. The molecule has 0 bridgehead atoms. The van der Waals surface area contributed by atoms with Gasteiger partial charge in [-0.05, 0) is 18.9 Å². The van der Waals surface area contributed by atoms with Crippen LogP contribution in [0.4, 0.5) is 0 Å². The summed E-state index contributed by atoms with van der Waals surface area (Å²) in [6, 6.07) is 8.84. The highest BCUT2D eigenvalue weighted by Crippen LogP contribution is 2.05. The Balaban J connectivity index is 2.52. The Morgan fingerprint density at radius 1 is 1.44 bits per heavy atom. The minimum Gasteiger partial charge on any atom is -0.464 e. The van der Waals surface area contributed by atoms with Crippen LogP contribution in [0.3, 0.4) is 0 Å². The summed E-state index contributed by atoms with van der Waals surface area (Å²) in [5.41, 5.74) is 6.71. The van der Waals surface area contributed by atoms with E-state index in [1.807, 2.05) is 30.3 Å². The topological polar surface area (TPSA) is 72.5 Å². The van der Waals surface area contributed by atoms with Crippen LogP contribution in [0.25, 0.3) is 0 Å². The highest BCUT2D eigenvalue weighted by molar-refractivity contribution is 5.75. The van der Waals surface area contributed by atoms with Gasteiger partial charge in [0.2, 0.25) is 0 Å². The molecule has 4 heteroatoms. The first-order valence-corrected chi connectivity index (χ1v) is 5.29. The van der Waals surface area contributed by atoms with Gasteiger partial charge in [0.1, 0.15) is 0 Å². The van der Waals surface area contributed by atoms with Crippen molar-refractivity contribution in [3.05, 3.63) is 35.9 Å². The number of hydrogen-bond acceptors (Lipinski definition) is 4. The maximum atomic E-state index is 11.2. The highest BCUT2D eigenvalue weighted by Gasteiger charge is 2.24. The fourth-order valence-corrected chi connectivity index (χ4v) is 1.40. The van der Waals surface area contributed by atoms with Crippen molar-refractivity contribution in [3.8, 4) is 0 Å². The maximum Gasteiger partial charge on any atom is 0.336 e. The van der Waals surface area contributed by atoms with Gasteiger partial charge in [-0.25, -0.2) is 4.79 Å². The molecule has 16 heavy (non-hydrogen) atoms. The standard InChI is InChI=1S/C12H17NO3/c1-2-16-12(15)11(14)10(13)8-9-6-4-3-5-7-9/h3-7,10-11,14H,2,8,13H2,1H3/t10-,11+/m1/s1. The lowest BCUT2D eigenvalue weighted by atomic mass is 10.0. The number of carbonyl (C=O) groups is 1. The quantitative estimate of drug-likeness (QED) is 0.712. The van der Waals surface area contributed by atoms with Crippen LogP contribution < -0.4 is 5.73 Å². The van der Waals surface area contributed by atoms with E-state index in [9.17, 15) is 9.90 Å². The molecule has 0 aliphatic heterocycles. The SMILES string of the molecule is CCOC(=O)[C@@H](O)[C@H](N)Cc1ccccc1. The summed E-state index contributed by atoms with van der Waals surface area (Å²) in [6.07, 6.45) is -0.818. The molecule has 1 aromatic carbocycles. The third-order valence-corrected chi connectivity index (χ3v) is 2.25. The Kier molecular flexibility index (Phi) is 4.95. The van der Waals surface area contributed by atoms with E-state index >= 15 is 0 Å². The van der Waals surface area contributed by atoms with Crippen molar-refractivity contribution < 1.29 is 14.6 Å². The highest BCUT2D eigenvalue weighted by atomic mass is 16.5. The average Bonchev–Trinajstić information content (AvgIpc) is 2.29. The Morgan fingerprint density at radius 2 is 2.06 bits per heavy atom. The van der Waals surface area contributed by atoms with Crippen molar-refractivity contribution in [1.29, 1.82) is 0 Å². The fourth-order valence-electron chi connectivity index (χ4n) is 1.40. The van der Waals surface area contributed by atoms with E-state index in [0.717, 1.165) is 5.56 Å². The summed E-state index contributed by atoms with van der Waals surface area (Å²) in [5, 5.41) is 9.58. The molecule has 2 atom stereocenters. The molecule has 0 saturated heterocycles. The molecular weight excluding hydrogens is 206 g/mol. The van der Waals surface area contributed by atoms with Crippen LogP contribution in [0.2, 0.25) is 0 Å². The largest absolute Gasteiger partial charge is 0.464 e. The van der Waals surface area contributed by atoms with E-state index < -0.39 is 18.1 Å². The number of aliphatic hydroxyl groups excluding tert-OH is 1. The predicted octanol–water partition coefficient (Wildman–Crippen LogP) is 0.480. The van der Waals surface area contributed by atoms with Crippen LogP contribution >= 0.6 is 0 Å². The van der Waals surface area contributed by atoms with E-state index in [0.29, 0.717) is 6.42 Å². The number of rotatable bonds is 5. The van der Waals surface area contributed by atoms with Gasteiger partial charge in [0.15, 0.2) is 6.10 Å². The predicted molar refractivity (Wildman–Crippen MR) is 60.8 cm³/mol. The smallest absolute Gasteiger partial charge is 0.336 e. The molecule has 0 aliphatic carbocycles. The Labute approximate surface area is 95.0 Å². The molecule has 0 saturated carbocycles. The third kappa shape index (κ3) is 3.64. The molecule has 0 unspecified atom stereocenters. The van der Waals surface area contributed by atoms with Crippen molar-refractivity contribution >= 4 is 5.97 Å². The number of aliphatic hydroxyl groups is 1. The number of nitrogens with two attached hydrogens (primary N) is 1. The van der Waals surface area contributed by atoms with Crippen molar-refractivity contribution in [2.45, 2.75) is 25.5 Å². The van der Waals surface area contributed by atoms with Gasteiger partial charge in [-0.2, -0.15) is 0 Å². The fraction of sp³-hybridized carbons (Fsp3) is 0.417. The van der Waals surface area contributed by atoms with Gasteiger partial charge in [-0.1, -0.05) is 30.3 Å². The lowest BCUT2D eigenvalue weighted by Gasteiger charge is -2.17.